The van der Waals surface area contributed by atoms with Crippen molar-refractivity contribution in [3.63, 3.8) is 0 Å². The third kappa shape index (κ3) is 4.47. The molecular formula is C22H15FN2O2S2. The normalized spacial score (nSPS) is 10.7. The number of hydrogen-bond acceptors (Lipinski definition) is 5. The van der Waals surface area contributed by atoms with Crippen LogP contribution in [0, 0.1) is 5.82 Å². The number of aromatic nitrogens is 1. The summed E-state index contributed by atoms with van der Waals surface area (Å²) < 4.78 is 17.3. The molecule has 0 amide bonds. The summed E-state index contributed by atoms with van der Waals surface area (Å²) in [6.07, 6.45) is 1.75. The van der Waals surface area contributed by atoms with Gasteiger partial charge in [0.15, 0.2) is 0 Å². The van der Waals surface area contributed by atoms with E-state index in [9.17, 15) is 14.3 Å². The second-order valence-electron chi connectivity index (χ2n) is 6.13. The molecule has 0 atom stereocenters. The predicted octanol–water partition coefficient (Wildman–Crippen LogP) is 6.43. The summed E-state index contributed by atoms with van der Waals surface area (Å²) in [5, 5.41) is 10.3. The van der Waals surface area contributed by atoms with Crippen molar-refractivity contribution < 1.29 is 14.3 Å². The zero-order chi connectivity index (χ0) is 20.2. The van der Waals surface area contributed by atoms with Crippen molar-refractivity contribution in [3.05, 3.63) is 90.4 Å². The number of hydrogen-bond donors (Lipinski definition) is 2. The van der Waals surface area contributed by atoms with Crippen LogP contribution < -0.4 is 4.72 Å². The van der Waals surface area contributed by atoms with Gasteiger partial charge in [0.25, 0.3) is 0 Å². The fraction of sp³-hybridized carbons (Fsp3) is 0. The summed E-state index contributed by atoms with van der Waals surface area (Å²) in [7, 11) is 0. The third-order valence-electron chi connectivity index (χ3n) is 4.18. The summed E-state index contributed by atoms with van der Waals surface area (Å²) in [6, 6.07) is 20.8. The summed E-state index contributed by atoms with van der Waals surface area (Å²) >= 11 is 2.89. The van der Waals surface area contributed by atoms with Gasteiger partial charge < -0.3 is 9.83 Å². The zero-order valence-corrected chi connectivity index (χ0v) is 16.6. The Balaban J connectivity index is 1.53. The number of nitrogens with zero attached hydrogens (tertiary/aromatic N) is 1. The number of carbonyl (C=O) groups is 1. The highest BCUT2D eigenvalue weighted by molar-refractivity contribution is 8.02. The van der Waals surface area contributed by atoms with Crippen molar-refractivity contribution in [3.8, 4) is 21.7 Å². The maximum atomic E-state index is 13.1. The van der Waals surface area contributed by atoms with Crippen LogP contribution in [0.2, 0.25) is 0 Å². The van der Waals surface area contributed by atoms with Crippen LogP contribution in [-0.4, -0.2) is 16.1 Å². The average molecular weight is 423 g/mol. The lowest BCUT2D eigenvalue weighted by atomic mass is 9.99. The first kappa shape index (κ1) is 19.2. The maximum absolute atomic E-state index is 13.1. The Morgan fingerprint density at radius 1 is 1.00 bits per heavy atom. The largest absolute Gasteiger partial charge is 0.478 e. The molecule has 0 spiro atoms. The smallest absolute Gasteiger partial charge is 0.336 e. The average Bonchev–Trinajstić information content (AvgIpc) is 3.22. The molecule has 0 saturated heterocycles. The number of aromatic carboxylic acids is 1. The molecule has 4 nitrogen and oxygen atoms in total. The van der Waals surface area contributed by atoms with E-state index in [4.69, 9.17) is 0 Å². The minimum atomic E-state index is -0.963. The lowest BCUT2D eigenvalue weighted by Gasteiger charge is -2.10. The van der Waals surface area contributed by atoms with Gasteiger partial charge >= 0.3 is 5.97 Å². The van der Waals surface area contributed by atoms with Crippen molar-refractivity contribution in [2.75, 3.05) is 4.72 Å². The van der Waals surface area contributed by atoms with E-state index in [1.807, 2.05) is 36.4 Å². The van der Waals surface area contributed by atoms with Gasteiger partial charge in [-0.05, 0) is 65.5 Å². The molecule has 144 valence electrons. The molecule has 3 aromatic carbocycles. The molecule has 7 heteroatoms. The minimum absolute atomic E-state index is 0.253. The molecule has 1 heterocycles. The molecule has 0 aliphatic carbocycles. The van der Waals surface area contributed by atoms with Crippen LogP contribution >= 0.6 is 23.3 Å². The topological polar surface area (TPSA) is 62.2 Å². The molecule has 0 unspecified atom stereocenters. The molecule has 0 bridgehead atoms. The highest BCUT2D eigenvalue weighted by Crippen LogP contribution is 2.34. The number of nitrogens with one attached hydrogen (secondary N) is 1. The van der Waals surface area contributed by atoms with Gasteiger partial charge in [0.2, 0.25) is 0 Å². The summed E-state index contributed by atoms with van der Waals surface area (Å²) in [6.45, 7) is 0. The van der Waals surface area contributed by atoms with E-state index in [0.717, 1.165) is 26.0 Å². The quantitative estimate of drug-likeness (QED) is 0.350. The molecule has 2 N–H and O–H groups in total. The second-order valence-corrected chi connectivity index (χ2v) is 8.26. The van der Waals surface area contributed by atoms with E-state index in [1.165, 1.54) is 35.4 Å². The Kier molecular flexibility index (Phi) is 5.59. The van der Waals surface area contributed by atoms with Gasteiger partial charge in [-0.25, -0.2) is 14.2 Å². The van der Waals surface area contributed by atoms with E-state index < -0.39 is 5.97 Å². The molecule has 29 heavy (non-hydrogen) atoms. The molecule has 0 saturated carbocycles. The highest BCUT2D eigenvalue weighted by atomic mass is 32.2. The van der Waals surface area contributed by atoms with E-state index in [0.29, 0.717) is 5.56 Å². The van der Waals surface area contributed by atoms with Crippen LogP contribution in [0.1, 0.15) is 10.4 Å². The number of carboxylic acid groups (broad SMARTS) is 1. The predicted molar refractivity (Wildman–Crippen MR) is 116 cm³/mol. The van der Waals surface area contributed by atoms with Gasteiger partial charge in [0.05, 0.1) is 11.8 Å². The van der Waals surface area contributed by atoms with Crippen molar-refractivity contribution in [2.45, 2.75) is 4.21 Å². The third-order valence-corrected chi connectivity index (χ3v) is 6.17. The van der Waals surface area contributed by atoms with E-state index in [-0.39, 0.29) is 11.4 Å². The Bertz CT molecular complexity index is 1150. The molecule has 0 fully saturated rings. The first-order valence-electron chi connectivity index (χ1n) is 8.67. The van der Waals surface area contributed by atoms with Crippen LogP contribution in [0.25, 0.3) is 21.7 Å². The monoisotopic (exact) mass is 422 g/mol. The van der Waals surface area contributed by atoms with Gasteiger partial charge in [0, 0.05) is 11.3 Å². The van der Waals surface area contributed by atoms with Crippen LogP contribution in [0.5, 0.6) is 0 Å². The maximum Gasteiger partial charge on any atom is 0.336 e. The van der Waals surface area contributed by atoms with Crippen molar-refractivity contribution >= 4 is 34.9 Å². The first-order chi connectivity index (χ1) is 14.1. The van der Waals surface area contributed by atoms with Crippen LogP contribution in [0.3, 0.4) is 0 Å². The first-order valence-corrected chi connectivity index (χ1v) is 10.3. The fourth-order valence-electron chi connectivity index (χ4n) is 2.79. The Hall–Kier alpha value is -3.16. The fourth-order valence-corrected chi connectivity index (χ4v) is 4.43. The number of halogens is 1. The molecule has 4 aromatic rings. The van der Waals surface area contributed by atoms with Gasteiger partial charge in [-0.2, -0.15) is 0 Å². The van der Waals surface area contributed by atoms with Crippen molar-refractivity contribution in [1.29, 1.82) is 0 Å². The number of benzene rings is 3. The summed E-state index contributed by atoms with van der Waals surface area (Å²) in [4.78, 5) is 16.0. The van der Waals surface area contributed by atoms with Crippen LogP contribution in [0.15, 0.2) is 83.2 Å². The number of anilines is 1. The van der Waals surface area contributed by atoms with E-state index >= 15 is 0 Å². The van der Waals surface area contributed by atoms with E-state index in [1.54, 1.807) is 30.5 Å². The van der Waals surface area contributed by atoms with Gasteiger partial charge in [-0.3, -0.25) is 0 Å². The Morgan fingerprint density at radius 3 is 2.48 bits per heavy atom. The standard InChI is InChI=1S/C22H15FN2O2S2/c23-16-8-6-15(7-9-16)21-24-13-20(28-21)29-25-17-10-11-18(22(26)27)19(12-17)14-4-2-1-3-5-14/h1-13,25H,(H,26,27). The summed E-state index contributed by atoms with van der Waals surface area (Å²) in [5.74, 6) is -1.24. The molecule has 4 rings (SSSR count). The Morgan fingerprint density at radius 2 is 1.76 bits per heavy atom. The highest BCUT2D eigenvalue weighted by Gasteiger charge is 2.13. The van der Waals surface area contributed by atoms with Gasteiger partial charge in [-0.1, -0.05) is 30.3 Å². The second kappa shape index (κ2) is 8.46. The summed E-state index contributed by atoms with van der Waals surface area (Å²) in [5.41, 5.74) is 3.40. The van der Waals surface area contributed by atoms with Crippen LogP contribution in [-0.2, 0) is 0 Å². The molecular weight excluding hydrogens is 407 g/mol. The lowest BCUT2D eigenvalue weighted by Crippen LogP contribution is -2.00. The lowest BCUT2D eigenvalue weighted by molar-refractivity contribution is 0.0698. The zero-order valence-electron chi connectivity index (χ0n) is 15.0. The Labute approximate surface area is 175 Å². The molecule has 0 aliphatic rings. The van der Waals surface area contributed by atoms with Crippen molar-refractivity contribution in [2.24, 2.45) is 0 Å². The number of carboxylic acids is 1. The van der Waals surface area contributed by atoms with Gasteiger partial charge in [0.1, 0.15) is 15.0 Å². The molecule has 1 aromatic heterocycles. The number of rotatable bonds is 6. The number of thiazole rings is 1. The van der Waals surface area contributed by atoms with Crippen molar-refractivity contribution in [1.82, 2.24) is 4.98 Å². The minimum Gasteiger partial charge on any atom is -0.478 e. The molecule has 0 aliphatic heterocycles. The van der Waals surface area contributed by atoms with Crippen LogP contribution in [0.4, 0.5) is 10.1 Å². The molecule has 0 radical (unpaired) electrons. The van der Waals surface area contributed by atoms with E-state index in [2.05, 4.69) is 9.71 Å². The van der Waals surface area contributed by atoms with Gasteiger partial charge in [-0.15, -0.1) is 11.3 Å². The SMILES string of the molecule is O=C(O)c1ccc(NSc2cnc(-c3ccc(F)cc3)s2)cc1-c1ccccc1.